The number of carbonyl (C=O) groups is 2. The van der Waals surface area contributed by atoms with Crippen molar-refractivity contribution < 1.29 is 14.3 Å². The van der Waals surface area contributed by atoms with Gasteiger partial charge < -0.3 is 9.64 Å². The maximum absolute atomic E-state index is 12.5. The molecule has 2 aromatic rings. The van der Waals surface area contributed by atoms with E-state index in [1.165, 1.54) is 34.6 Å². The lowest BCUT2D eigenvalue weighted by Crippen LogP contribution is -2.39. The van der Waals surface area contributed by atoms with Gasteiger partial charge in [0.2, 0.25) is 5.91 Å². The Morgan fingerprint density at radius 2 is 2.26 bits per heavy atom. The summed E-state index contributed by atoms with van der Waals surface area (Å²) in [6, 6.07) is 5.37. The van der Waals surface area contributed by atoms with Crippen molar-refractivity contribution in [2.75, 3.05) is 19.4 Å². The third-order valence-corrected chi connectivity index (χ3v) is 5.37. The number of aromatic nitrogens is 4. The predicted molar refractivity (Wildman–Crippen MR) is 102 cm³/mol. The predicted octanol–water partition coefficient (Wildman–Crippen LogP) is 1.77. The first-order valence-corrected chi connectivity index (χ1v) is 9.61. The number of ether oxygens (including phenoxy) is 1. The normalized spacial score (nSPS) is 16.9. The molecule has 1 aromatic carbocycles. The Morgan fingerprint density at radius 1 is 1.44 bits per heavy atom. The van der Waals surface area contributed by atoms with Crippen molar-refractivity contribution in [2.24, 2.45) is 0 Å². The number of hydrogen-bond acceptors (Lipinski definition) is 7. The van der Waals surface area contributed by atoms with Gasteiger partial charge in [0.05, 0.1) is 13.7 Å². The van der Waals surface area contributed by atoms with E-state index in [1.807, 2.05) is 6.07 Å². The molecular weight excluding hydrogens is 390 g/mol. The van der Waals surface area contributed by atoms with Gasteiger partial charge in [-0.3, -0.25) is 4.79 Å². The van der Waals surface area contributed by atoms with Gasteiger partial charge in [-0.2, -0.15) is 4.80 Å². The van der Waals surface area contributed by atoms with E-state index in [1.54, 1.807) is 25.1 Å². The van der Waals surface area contributed by atoms with Crippen molar-refractivity contribution in [3.63, 3.8) is 0 Å². The van der Waals surface area contributed by atoms with Crippen molar-refractivity contribution in [3.05, 3.63) is 46.2 Å². The molecular formula is C17H18ClN5O3S. The molecule has 0 aliphatic carbocycles. The minimum atomic E-state index is -0.598. The van der Waals surface area contributed by atoms with Gasteiger partial charge in [0, 0.05) is 23.4 Å². The summed E-state index contributed by atoms with van der Waals surface area (Å²) in [4.78, 5) is 27.3. The topological polar surface area (TPSA) is 90.2 Å². The number of halogens is 1. The summed E-state index contributed by atoms with van der Waals surface area (Å²) in [5.41, 5.74) is 1.66. The maximum Gasteiger partial charge on any atom is 0.339 e. The Kier molecular flexibility index (Phi) is 6.12. The largest absolute Gasteiger partial charge is 0.467 e. The van der Waals surface area contributed by atoms with Crippen LogP contribution in [0.25, 0.3) is 6.08 Å². The van der Waals surface area contributed by atoms with Crippen molar-refractivity contribution in [2.45, 2.75) is 18.8 Å². The second-order valence-electron chi connectivity index (χ2n) is 5.82. The number of rotatable bonds is 5. The summed E-state index contributed by atoms with van der Waals surface area (Å²) in [5, 5.41) is 12.0. The van der Waals surface area contributed by atoms with Crippen LogP contribution in [-0.4, -0.2) is 61.8 Å². The molecule has 1 saturated heterocycles. The van der Waals surface area contributed by atoms with Gasteiger partial charge >= 0.3 is 5.97 Å². The molecule has 0 N–H and O–H groups in total. The van der Waals surface area contributed by atoms with Gasteiger partial charge in [-0.15, -0.1) is 22.0 Å². The molecule has 8 nitrogen and oxygen atoms in total. The summed E-state index contributed by atoms with van der Waals surface area (Å²) in [6.07, 6.45) is 3.16. The van der Waals surface area contributed by atoms with E-state index in [-0.39, 0.29) is 5.91 Å². The maximum atomic E-state index is 12.5. The quantitative estimate of drug-likeness (QED) is 0.551. The summed E-state index contributed by atoms with van der Waals surface area (Å²) in [6.45, 7) is 2.63. The minimum absolute atomic E-state index is 0.244. The summed E-state index contributed by atoms with van der Waals surface area (Å²) < 4.78 is 4.76. The van der Waals surface area contributed by atoms with Crippen LogP contribution in [0.1, 0.15) is 17.0 Å². The Balaban J connectivity index is 1.78. The second-order valence-corrected chi connectivity index (χ2v) is 7.45. The molecule has 1 amide bonds. The molecule has 27 heavy (non-hydrogen) atoms. The molecule has 1 atom stereocenters. The van der Waals surface area contributed by atoms with Crippen LogP contribution in [0.15, 0.2) is 24.3 Å². The van der Waals surface area contributed by atoms with Crippen molar-refractivity contribution in [3.8, 4) is 0 Å². The van der Waals surface area contributed by atoms with Crippen LogP contribution < -0.4 is 0 Å². The lowest BCUT2D eigenvalue weighted by molar-refractivity contribution is -0.146. The van der Waals surface area contributed by atoms with E-state index < -0.39 is 11.3 Å². The highest BCUT2D eigenvalue weighted by atomic mass is 35.5. The fourth-order valence-electron chi connectivity index (χ4n) is 2.67. The van der Waals surface area contributed by atoms with Crippen LogP contribution in [0.3, 0.4) is 0 Å². The van der Waals surface area contributed by atoms with E-state index >= 15 is 0 Å². The van der Waals surface area contributed by atoms with Gasteiger partial charge in [-0.1, -0.05) is 17.7 Å². The number of benzene rings is 1. The molecule has 1 aliphatic heterocycles. The minimum Gasteiger partial charge on any atom is -0.467 e. The summed E-state index contributed by atoms with van der Waals surface area (Å²) in [7, 11) is 1.32. The van der Waals surface area contributed by atoms with Gasteiger partial charge in [-0.05, 0) is 41.5 Å². The molecule has 2 heterocycles. The number of tetrazole rings is 1. The molecule has 1 aromatic heterocycles. The number of carbonyl (C=O) groups excluding carboxylic acids is 2. The zero-order chi connectivity index (χ0) is 19.4. The molecule has 1 unspecified atom stereocenters. The number of nitrogens with zero attached hydrogens (tertiary/aromatic N) is 5. The van der Waals surface area contributed by atoms with Crippen LogP contribution in [0, 0.1) is 6.92 Å². The van der Waals surface area contributed by atoms with E-state index in [9.17, 15) is 9.59 Å². The highest BCUT2D eigenvalue weighted by molar-refractivity contribution is 8.00. The molecule has 0 bridgehead atoms. The number of hydrogen-bond donors (Lipinski definition) is 0. The smallest absolute Gasteiger partial charge is 0.339 e. The number of methoxy groups -OCH3 is 1. The van der Waals surface area contributed by atoms with Crippen LogP contribution in [0.2, 0.25) is 5.02 Å². The number of aryl methyl sites for hydroxylation is 1. The highest BCUT2D eigenvalue weighted by Gasteiger charge is 2.34. The monoisotopic (exact) mass is 407 g/mol. The van der Waals surface area contributed by atoms with Crippen LogP contribution in [0.5, 0.6) is 0 Å². The summed E-state index contributed by atoms with van der Waals surface area (Å²) in [5.74, 6) is 0.609. The third kappa shape index (κ3) is 4.67. The van der Waals surface area contributed by atoms with Crippen molar-refractivity contribution >= 4 is 41.3 Å². The van der Waals surface area contributed by atoms with Gasteiger partial charge in [-0.25, -0.2) is 4.79 Å². The molecule has 1 aliphatic rings. The summed E-state index contributed by atoms with van der Waals surface area (Å²) >= 11 is 7.50. The molecule has 3 rings (SSSR count). The van der Waals surface area contributed by atoms with Gasteiger partial charge in [0.15, 0.2) is 11.2 Å². The van der Waals surface area contributed by atoms with Crippen molar-refractivity contribution in [1.29, 1.82) is 0 Å². The Hall–Kier alpha value is -2.39. The molecule has 0 radical (unpaired) electrons. The lowest BCUT2D eigenvalue weighted by atomic mass is 10.1. The van der Waals surface area contributed by atoms with Crippen LogP contribution in [-0.2, 0) is 20.9 Å². The standard InChI is InChI=1S/C17H18ClN5O3S/c1-11-19-21-23(20-11)10-13-9-14(18)5-3-12(13)4-6-15(24)22-7-8-27-16(22)17(25)26-2/h3-6,9,16H,7-8,10H2,1-2H3. The number of thioether (sulfide) groups is 1. The average molecular weight is 408 g/mol. The highest BCUT2D eigenvalue weighted by Crippen LogP contribution is 2.25. The Labute approximate surface area is 165 Å². The van der Waals surface area contributed by atoms with Crippen LogP contribution in [0.4, 0.5) is 0 Å². The van der Waals surface area contributed by atoms with Gasteiger partial charge in [0.1, 0.15) is 0 Å². The van der Waals surface area contributed by atoms with E-state index in [0.29, 0.717) is 29.7 Å². The first-order chi connectivity index (χ1) is 13.0. The van der Waals surface area contributed by atoms with Crippen molar-refractivity contribution in [1.82, 2.24) is 25.1 Å². The SMILES string of the molecule is COC(=O)C1SCCN1C(=O)C=Cc1ccc(Cl)cc1Cn1nnc(C)n1. The molecule has 10 heteroatoms. The lowest BCUT2D eigenvalue weighted by Gasteiger charge is -2.20. The zero-order valence-electron chi connectivity index (χ0n) is 14.8. The Bertz CT molecular complexity index is 885. The van der Waals surface area contributed by atoms with E-state index in [0.717, 1.165) is 11.1 Å². The molecule has 0 spiro atoms. The average Bonchev–Trinajstić information content (AvgIpc) is 3.29. The zero-order valence-corrected chi connectivity index (χ0v) is 16.4. The van der Waals surface area contributed by atoms with Crippen LogP contribution >= 0.6 is 23.4 Å². The second kappa shape index (κ2) is 8.53. The molecule has 142 valence electrons. The van der Waals surface area contributed by atoms with Gasteiger partial charge in [0.25, 0.3) is 0 Å². The Morgan fingerprint density at radius 3 is 2.96 bits per heavy atom. The van der Waals surface area contributed by atoms with E-state index in [2.05, 4.69) is 15.4 Å². The number of esters is 1. The molecule has 1 fully saturated rings. The fourth-order valence-corrected chi connectivity index (χ4v) is 4.01. The van der Waals surface area contributed by atoms with E-state index in [4.69, 9.17) is 16.3 Å². The first-order valence-electron chi connectivity index (χ1n) is 8.19. The number of amides is 1. The third-order valence-electron chi connectivity index (χ3n) is 3.95. The molecule has 0 saturated carbocycles. The fraction of sp³-hybridized carbons (Fsp3) is 0.353. The first kappa shape index (κ1) is 19.4.